The Balaban J connectivity index is 1.98. The van der Waals surface area contributed by atoms with Gasteiger partial charge in [-0.3, -0.25) is 4.79 Å². The van der Waals surface area contributed by atoms with E-state index in [4.69, 9.17) is 0 Å². The van der Waals surface area contributed by atoms with Crippen molar-refractivity contribution < 1.29 is 4.79 Å². The first-order chi connectivity index (χ1) is 9.16. The number of carbonyl (C=O) groups is 1. The van der Waals surface area contributed by atoms with Gasteiger partial charge < -0.3 is 0 Å². The number of carbonyl (C=O) groups excluding carboxylic acids is 1. The first-order valence-electron chi connectivity index (χ1n) is 6.95. The second-order valence-electron chi connectivity index (χ2n) is 5.80. The third kappa shape index (κ3) is 1.67. The van der Waals surface area contributed by atoms with Gasteiger partial charge in [-0.25, -0.2) is 0 Å². The maximum absolute atomic E-state index is 12.5. The zero-order valence-electron chi connectivity index (χ0n) is 11.4. The van der Waals surface area contributed by atoms with E-state index in [-0.39, 0.29) is 11.8 Å². The van der Waals surface area contributed by atoms with Crippen molar-refractivity contribution in [1.29, 1.82) is 0 Å². The van der Waals surface area contributed by atoms with Gasteiger partial charge in [-0.15, -0.1) is 0 Å². The molecular weight excluding hydrogens is 232 g/mol. The van der Waals surface area contributed by atoms with Gasteiger partial charge in [0, 0.05) is 17.4 Å². The number of Topliss-reactive ketones (excluding diaryl/α,β-unsaturated/α-hetero) is 1. The zero-order valence-corrected chi connectivity index (χ0v) is 11.4. The lowest BCUT2D eigenvalue weighted by Crippen LogP contribution is -2.57. The van der Waals surface area contributed by atoms with Gasteiger partial charge in [0.25, 0.3) is 0 Å². The maximum atomic E-state index is 12.5. The van der Waals surface area contributed by atoms with E-state index in [0.29, 0.717) is 11.7 Å². The van der Waals surface area contributed by atoms with Crippen LogP contribution in [-0.2, 0) is 4.79 Å². The molecule has 1 nitrogen and oxygen atoms in total. The van der Waals surface area contributed by atoms with Crippen LogP contribution in [0, 0.1) is 35.0 Å². The van der Waals surface area contributed by atoms with Crippen LogP contribution in [0.5, 0.6) is 0 Å². The molecule has 0 unspecified atom stereocenters. The molecule has 3 rings (SSSR count). The molecule has 0 spiro atoms. The van der Waals surface area contributed by atoms with Gasteiger partial charge in [0.1, 0.15) is 0 Å². The van der Waals surface area contributed by atoms with Crippen LogP contribution in [0.2, 0.25) is 0 Å². The quantitative estimate of drug-likeness (QED) is 0.551. The van der Waals surface area contributed by atoms with E-state index in [2.05, 4.69) is 37.8 Å². The molecule has 2 aliphatic carbocycles. The highest BCUT2D eigenvalue weighted by Gasteiger charge is 2.62. The Labute approximate surface area is 114 Å². The van der Waals surface area contributed by atoms with E-state index in [1.807, 2.05) is 30.3 Å². The van der Waals surface area contributed by atoms with Crippen molar-refractivity contribution in [3.63, 3.8) is 0 Å². The predicted molar refractivity (Wildman–Crippen MR) is 76.3 cm³/mol. The van der Waals surface area contributed by atoms with Crippen LogP contribution >= 0.6 is 0 Å². The SMILES string of the molecule is CC(C)[C@]1(C#Cc2ccccc2)C(=O)[C@@H]2CC=C[C@@H]21. The summed E-state index contributed by atoms with van der Waals surface area (Å²) in [5.41, 5.74) is 0.536. The second kappa shape index (κ2) is 4.38. The fourth-order valence-corrected chi connectivity index (χ4v) is 3.42. The number of hydrogen-bond acceptors (Lipinski definition) is 1. The molecule has 0 saturated heterocycles. The van der Waals surface area contributed by atoms with Crippen molar-refractivity contribution >= 4 is 5.78 Å². The Hall–Kier alpha value is -1.81. The summed E-state index contributed by atoms with van der Waals surface area (Å²) in [4.78, 5) is 12.5. The number of benzene rings is 1. The van der Waals surface area contributed by atoms with Crippen LogP contribution in [0.3, 0.4) is 0 Å². The van der Waals surface area contributed by atoms with E-state index in [1.165, 1.54) is 0 Å². The zero-order chi connectivity index (χ0) is 13.5. The Kier molecular flexibility index (Phi) is 2.82. The van der Waals surface area contributed by atoms with Crippen molar-refractivity contribution in [3.8, 4) is 11.8 Å². The number of ketones is 1. The molecule has 19 heavy (non-hydrogen) atoms. The summed E-state index contributed by atoms with van der Waals surface area (Å²) >= 11 is 0. The summed E-state index contributed by atoms with van der Waals surface area (Å²) in [7, 11) is 0. The normalized spacial score (nSPS) is 31.6. The molecule has 1 aromatic rings. The fraction of sp³-hybridized carbons (Fsp3) is 0.389. The van der Waals surface area contributed by atoms with Gasteiger partial charge in [0.05, 0.1) is 5.41 Å². The topological polar surface area (TPSA) is 17.1 Å². The van der Waals surface area contributed by atoms with E-state index in [1.54, 1.807) is 0 Å². The van der Waals surface area contributed by atoms with Crippen molar-refractivity contribution in [2.45, 2.75) is 20.3 Å². The molecule has 0 amide bonds. The van der Waals surface area contributed by atoms with Crippen LogP contribution in [0.15, 0.2) is 42.5 Å². The molecule has 2 aliphatic rings. The summed E-state index contributed by atoms with van der Waals surface area (Å²) in [6.07, 6.45) is 5.25. The average Bonchev–Trinajstić information content (AvgIpc) is 2.85. The van der Waals surface area contributed by atoms with Crippen molar-refractivity contribution in [1.82, 2.24) is 0 Å². The Morgan fingerprint density at radius 2 is 2.00 bits per heavy atom. The second-order valence-corrected chi connectivity index (χ2v) is 5.80. The number of allylic oxidation sites excluding steroid dienone is 2. The van der Waals surface area contributed by atoms with E-state index in [0.717, 1.165) is 12.0 Å². The van der Waals surface area contributed by atoms with Crippen LogP contribution in [0.4, 0.5) is 0 Å². The fourth-order valence-electron chi connectivity index (χ4n) is 3.42. The summed E-state index contributed by atoms with van der Waals surface area (Å²) in [6.45, 7) is 4.22. The van der Waals surface area contributed by atoms with Crippen LogP contribution in [-0.4, -0.2) is 5.78 Å². The van der Waals surface area contributed by atoms with Gasteiger partial charge in [-0.05, 0) is 24.5 Å². The first-order valence-corrected chi connectivity index (χ1v) is 6.95. The van der Waals surface area contributed by atoms with E-state index >= 15 is 0 Å². The lowest BCUT2D eigenvalue weighted by Gasteiger charge is -2.49. The van der Waals surface area contributed by atoms with Crippen molar-refractivity contribution in [2.24, 2.45) is 23.2 Å². The largest absolute Gasteiger partial charge is 0.298 e. The highest BCUT2D eigenvalue weighted by Crippen LogP contribution is 2.56. The smallest absolute Gasteiger partial charge is 0.155 e. The third-order valence-corrected chi connectivity index (χ3v) is 4.54. The molecule has 0 radical (unpaired) electrons. The molecule has 0 aliphatic heterocycles. The Bertz CT molecular complexity index is 585. The van der Waals surface area contributed by atoms with Gasteiger partial charge >= 0.3 is 0 Å². The lowest BCUT2D eigenvalue weighted by molar-refractivity contribution is -0.149. The van der Waals surface area contributed by atoms with Gasteiger partial charge in [-0.2, -0.15) is 0 Å². The summed E-state index contributed by atoms with van der Waals surface area (Å²) < 4.78 is 0. The molecule has 96 valence electrons. The monoisotopic (exact) mass is 250 g/mol. The summed E-state index contributed by atoms with van der Waals surface area (Å²) in [6, 6.07) is 9.92. The minimum absolute atomic E-state index is 0.201. The van der Waals surface area contributed by atoms with Crippen molar-refractivity contribution in [3.05, 3.63) is 48.0 Å². The number of fused-ring (bicyclic) bond motifs is 1. The maximum Gasteiger partial charge on any atom is 0.155 e. The highest BCUT2D eigenvalue weighted by atomic mass is 16.1. The predicted octanol–water partition coefficient (Wildman–Crippen LogP) is 3.46. The van der Waals surface area contributed by atoms with Gasteiger partial charge in [0.15, 0.2) is 5.78 Å². The molecule has 0 heterocycles. The van der Waals surface area contributed by atoms with Crippen LogP contribution in [0.1, 0.15) is 25.8 Å². The molecule has 0 N–H and O–H groups in total. The lowest BCUT2D eigenvalue weighted by atomic mass is 9.50. The Morgan fingerprint density at radius 1 is 1.26 bits per heavy atom. The molecule has 0 aromatic heterocycles. The number of hydrogen-bond donors (Lipinski definition) is 0. The number of rotatable bonds is 1. The molecule has 1 heteroatoms. The Morgan fingerprint density at radius 3 is 2.68 bits per heavy atom. The van der Waals surface area contributed by atoms with Gasteiger partial charge in [-0.1, -0.05) is 56.0 Å². The minimum atomic E-state index is -0.451. The standard InChI is InChI=1S/C18H18O/c1-13(2)18(12-11-14-7-4-3-5-8-14)16-10-6-9-15(16)17(18)19/h3-8,10,13,15-16H,9H2,1-2H3/t15-,16+,18+/m1/s1. The van der Waals surface area contributed by atoms with Gasteiger partial charge in [0.2, 0.25) is 0 Å². The third-order valence-electron chi connectivity index (χ3n) is 4.54. The highest BCUT2D eigenvalue weighted by molar-refractivity contribution is 5.98. The molecule has 0 bridgehead atoms. The molecule has 3 atom stereocenters. The van der Waals surface area contributed by atoms with Crippen molar-refractivity contribution in [2.75, 3.05) is 0 Å². The van der Waals surface area contributed by atoms with E-state index in [9.17, 15) is 4.79 Å². The molecular formula is C18H18O. The van der Waals surface area contributed by atoms with E-state index < -0.39 is 5.41 Å². The molecule has 1 fully saturated rings. The summed E-state index contributed by atoms with van der Waals surface area (Å²) in [5, 5.41) is 0. The van der Waals surface area contributed by atoms with Crippen LogP contribution in [0.25, 0.3) is 0 Å². The first kappa shape index (κ1) is 12.2. The molecule has 1 saturated carbocycles. The molecule has 1 aromatic carbocycles. The van der Waals surface area contributed by atoms with Crippen LogP contribution < -0.4 is 0 Å². The minimum Gasteiger partial charge on any atom is -0.298 e. The summed E-state index contributed by atoms with van der Waals surface area (Å²) in [5.74, 6) is 7.67. The average molecular weight is 250 g/mol.